The predicted molar refractivity (Wildman–Crippen MR) is 92.8 cm³/mol. The first-order valence-electron chi connectivity index (χ1n) is 8.91. The van der Waals surface area contributed by atoms with Crippen molar-refractivity contribution in [3.8, 4) is 5.75 Å². The summed E-state index contributed by atoms with van der Waals surface area (Å²) in [6, 6.07) is 9.68. The molecular formula is C19H21N3O4. The van der Waals surface area contributed by atoms with Gasteiger partial charge in [0.1, 0.15) is 5.75 Å². The third-order valence-electron chi connectivity index (χ3n) is 4.89. The smallest absolute Gasteiger partial charge is 0.303 e. The zero-order valence-electron chi connectivity index (χ0n) is 14.4. The molecule has 0 radical (unpaired) electrons. The maximum absolute atomic E-state index is 12.9. The van der Waals surface area contributed by atoms with Crippen LogP contribution in [0, 0.1) is 0 Å². The van der Waals surface area contributed by atoms with Crippen LogP contribution in [0.4, 0.5) is 0 Å². The number of nitrogens with zero attached hydrogens (tertiary/aromatic N) is 3. The second kappa shape index (κ2) is 6.82. The van der Waals surface area contributed by atoms with Gasteiger partial charge in [-0.1, -0.05) is 18.2 Å². The summed E-state index contributed by atoms with van der Waals surface area (Å²) in [7, 11) is 0. The highest BCUT2D eigenvalue weighted by Crippen LogP contribution is 2.29. The van der Waals surface area contributed by atoms with E-state index in [1.54, 1.807) is 0 Å². The number of benzene rings is 1. The zero-order valence-corrected chi connectivity index (χ0v) is 14.4. The van der Waals surface area contributed by atoms with E-state index in [-0.39, 0.29) is 12.3 Å². The van der Waals surface area contributed by atoms with Crippen LogP contribution in [0.3, 0.4) is 0 Å². The summed E-state index contributed by atoms with van der Waals surface area (Å²) in [6.45, 7) is 1.88. The Morgan fingerprint density at radius 3 is 2.92 bits per heavy atom. The van der Waals surface area contributed by atoms with Crippen LogP contribution >= 0.6 is 0 Å². The van der Waals surface area contributed by atoms with Gasteiger partial charge in [0.25, 0.3) is 5.91 Å². The quantitative estimate of drug-likeness (QED) is 0.901. The molecule has 1 atom stereocenters. The minimum absolute atomic E-state index is 0.00272. The molecule has 1 aromatic carbocycles. The van der Waals surface area contributed by atoms with Crippen molar-refractivity contribution < 1.29 is 19.4 Å². The van der Waals surface area contributed by atoms with Crippen LogP contribution in [-0.4, -0.2) is 44.3 Å². The lowest BCUT2D eigenvalue weighted by Gasteiger charge is -2.23. The number of rotatable bonds is 4. The summed E-state index contributed by atoms with van der Waals surface area (Å²) in [4.78, 5) is 25.5. The van der Waals surface area contributed by atoms with E-state index in [2.05, 4.69) is 5.10 Å². The molecule has 0 aliphatic carbocycles. The normalized spacial score (nSPS) is 18.6. The number of hydrogen-bond donors (Lipinski definition) is 1. The summed E-state index contributed by atoms with van der Waals surface area (Å²) in [6.07, 6.45) is 1.43. The highest BCUT2D eigenvalue weighted by Gasteiger charge is 2.33. The zero-order chi connectivity index (χ0) is 18.1. The Hall–Kier alpha value is -2.83. The van der Waals surface area contributed by atoms with E-state index in [9.17, 15) is 9.59 Å². The Bertz CT molecular complexity index is 820. The lowest BCUT2D eigenvalue weighted by Crippen LogP contribution is -2.41. The SMILES string of the molecule is O=C(O)CCc1cc2n(n1)CCCN(C(=O)[C@H]1Cc3ccccc3O1)C2. The van der Waals surface area contributed by atoms with Gasteiger partial charge in [0.05, 0.1) is 24.4 Å². The fraction of sp³-hybridized carbons (Fsp3) is 0.421. The number of carbonyl (C=O) groups is 2. The fourth-order valence-electron chi connectivity index (χ4n) is 3.59. The van der Waals surface area contributed by atoms with Gasteiger partial charge in [-0.05, 0) is 24.1 Å². The van der Waals surface area contributed by atoms with Crippen molar-refractivity contribution in [3.05, 3.63) is 47.3 Å². The molecule has 2 aromatic rings. The van der Waals surface area contributed by atoms with Crippen LogP contribution in [0.2, 0.25) is 0 Å². The number of carboxylic acids is 1. The molecule has 0 saturated heterocycles. The van der Waals surface area contributed by atoms with Crippen molar-refractivity contribution in [1.29, 1.82) is 0 Å². The molecule has 136 valence electrons. The molecular weight excluding hydrogens is 334 g/mol. The van der Waals surface area contributed by atoms with Gasteiger partial charge in [-0.15, -0.1) is 0 Å². The number of aryl methyl sites for hydroxylation is 2. The number of amides is 1. The molecule has 7 heteroatoms. The third kappa shape index (κ3) is 3.29. The number of fused-ring (bicyclic) bond motifs is 2. The molecule has 0 fully saturated rings. The molecule has 7 nitrogen and oxygen atoms in total. The average molecular weight is 355 g/mol. The van der Waals surface area contributed by atoms with Crippen LogP contribution in [0.5, 0.6) is 5.75 Å². The van der Waals surface area contributed by atoms with Gasteiger partial charge in [0.2, 0.25) is 0 Å². The molecule has 4 rings (SSSR count). The number of carboxylic acid groups (broad SMARTS) is 1. The van der Waals surface area contributed by atoms with Gasteiger partial charge in [0, 0.05) is 25.9 Å². The van der Waals surface area contributed by atoms with Gasteiger partial charge < -0.3 is 14.7 Å². The van der Waals surface area contributed by atoms with Crippen molar-refractivity contribution in [1.82, 2.24) is 14.7 Å². The Morgan fingerprint density at radius 1 is 1.27 bits per heavy atom. The molecule has 26 heavy (non-hydrogen) atoms. The van der Waals surface area contributed by atoms with Crippen LogP contribution in [0.25, 0.3) is 0 Å². The highest BCUT2D eigenvalue weighted by molar-refractivity contribution is 5.82. The molecule has 0 spiro atoms. The maximum atomic E-state index is 12.9. The number of carbonyl (C=O) groups excluding carboxylic acids is 1. The van der Waals surface area contributed by atoms with Crippen LogP contribution < -0.4 is 4.74 Å². The molecule has 0 bridgehead atoms. The Labute approximate surface area is 151 Å². The van der Waals surface area contributed by atoms with E-state index in [0.717, 1.165) is 35.7 Å². The van der Waals surface area contributed by atoms with E-state index >= 15 is 0 Å². The van der Waals surface area contributed by atoms with Crippen LogP contribution in [0.1, 0.15) is 29.8 Å². The maximum Gasteiger partial charge on any atom is 0.303 e. The highest BCUT2D eigenvalue weighted by atomic mass is 16.5. The number of ether oxygens (including phenoxy) is 1. The van der Waals surface area contributed by atoms with Crippen molar-refractivity contribution in [3.63, 3.8) is 0 Å². The van der Waals surface area contributed by atoms with Crippen molar-refractivity contribution in [2.45, 2.75) is 44.9 Å². The number of hydrogen-bond acceptors (Lipinski definition) is 4. The monoisotopic (exact) mass is 355 g/mol. The summed E-state index contributed by atoms with van der Waals surface area (Å²) >= 11 is 0. The molecule has 1 N–H and O–H groups in total. The lowest BCUT2D eigenvalue weighted by molar-refractivity contribution is -0.138. The third-order valence-corrected chi connectivity index (χ3v) is 4.89. The largest absolute Gasteiger partial charge is 0.481 e. The summed E-state index contributed by atoms with van der Waals surface area (Å²) < 4.78 is 7.74. The fourth-order valence-corrected chi connectivity index (χ4v) is 3.59. The Morgan fingerprint density at radius 2 is 2.12 bits per heavy atom. The van der Waals surface area contributed by atoms with Gasteiger partial charge in [-0.2, -0.15) is 5.10 Å². The number of aliphatic carboxylic acids is 1. The standard InChI is InChI=1S/C19H21N3O4/c23-18(24)7-6-14-11-15-12-21(8-3-9-22(15)20-14)19(25)17-10-13-4-1-2-5-16(13)26-17/h1-2,4-5,11,17H,3,6-10,12H2,(H,23,24)/t17-/m1/s1. The molecule has 2 aliphatic heterocycles. The minimum atomic E-state index is -0.831. The van der Waals surface area contributed by atoms with Gasteiger partial charge in [-0.25, -0.2) is 0 Å². The number of aromatic nitrogens is 2. The van der Waals surface area contributed by atoms with Crippen molar-refractivity contribution >= 4 is 11.9 Å². The molecule has 1 aromatic heterocycles. The van der Waals surface area contributed by atoms with Crippen LogP contribution in [0.15, 0.2) is 30.3 Å². The van der Waals surface area contributed by atoms with Crippen molar-refractivity contribution in [2.24, 2.45) is 0 Å². The first kappa shape index (κ1) is 16.6. The second-order valence-electron chi connectivity index (χ2n) is 6.78. The summed E-state index contributed by atoms with van der Waals surface area (Å²) in [5.74, 6) is -0.0347. The van der Waals surface area contributed by atoms with E-state index in [1.807, 2.05) is 39.9 Å². The Balaban J connectivity index is 1.45. The van der Waals surface area contributed by atoms with Gasteiger partial charge in [-0.3, -0.25) is 14.3 Å². The van der Waals surface area contributed by atoms with E-state index < -0.39 is 12.1 Å². The van der Waals surface area contributed by atoms with Crippen molar-refractivity contribution in [2.75, 3.05) is 6.54 Å². The minimum Gasteiger partial charge on any atom is -0.481 e. The molecule has 2 aliphatic rings. The Kier molecular flexibility index (Phi) is 4.36. The topological polar surface area (TPSA) is 84.7 Å². The summed E-state index contributed by atoms with van der Waals surface area (Å²) in [5.41, 5.74) is 2.79. The van der Waals surface area contributed by atoms with Crippen LogP contribution in [-0.2, 0) is 35.5 Å². The number of para-hydroxylation sites is 1. The summed E-state index contributed by atoms with van der Waals surface area (Å²) in [5, 5.41) is 13.3. The van der Waals surface area contributed by atoms with E-state index in [4.69, 9.17) is 9.84 Å². The molecule has 3 heterocycles. The second-order valence-corrected chi connectivity index (χ2v) is 6.78. The van der Waals surface area contributed by atoms with E-state index in [0.29, 0.717) is 25.9 Å². The van der Waals surface area contributed by atoms with Gasteiger partial charge >= 0.3 is 5.97 Å². The lowest BCUT2D eigenvalue weighted by atomic mass is 10.1. The molecule has 0 unspecified atom stereocenters. The average Bonchev–Trinajstić information content (AvgIpc) is 3.17. The first-order valence-corrected chi connectivity index (χ1v) is 8.91. The van der Waals surface area contributed by atoms with E-state index in [1.165, 1.54) is 0 Å². The van der Waals surface area contributed by atoms with Gasteiger partial charge in [0.15, 0.2) is 6.10 Å². The molecule has 1 amide bonds. The predicted octanol–water partition coefficient (Wildman–Crippen LogP) is 1.64. The first-order chi connectivity index (χ1) is 12.6. The molecule has 0 saturated carbocycles.